The van der Waals surface area contributed by atoms with E-state index >= 15 is 0 Å². The number of hydrogen-bond acceptors (Lipinski definition) is 5. The molecule has 7 nitrogen and oxygen atoms in total. The zero-order valence-electron chi connectivity index (χ0n) is 16.5. The van der Waals surface area contributed by atoms with Gasteiger partial charge in [0.05, 0.1) is 18.2 Å². The number of amides is 1. The van der Waals surface area contributed by atoms with Crippen LogP contribution < -0.4 is 14.8 Å². The molecule has 0 radical (unpaired) electrons. The summed E-state index contributed by atoms with van der Waals surface area (Å²) in [6.45, 7) is 0.180. The number of rotatable bonds is 7. The Hall–Kier alpha value is -4.13. The Kier molecular flexibility index (Phi) is 5.93. The summed E-state index contributed by atoms with van der Waals surface area (Å²) in [6, 6.07) is 17.7. The summed E-state index contributed by atoms with van der Waals surface area (Å²) in [6.07, 6.45) is 4.49. The summed E-state index contributed by atoms with van der Waals surface area (Å²) >= 11 is 0. The molecule has 2 aromatic carbocycles. The largest absolute Gasteiger partial charge is 0.481 e. The third kappa shape index (κ3) is 5.08. The molecule has 0 saturated heterocycles. The highest BCUT2D eigenvalue weighted by molar-refractivity contribution is 5.92. The van der Waals surface area contributed by atoms with Gasteiger partial charge in [0.25, 0.3) is 0 Å². The quantitative estimate of drug-likeness (QED) is 0.568. The number of carbonyl (C=O) groups is 2. The lowest BCUT2D eigenvalue weighted by molar-refractivity contribution is -0.137. The van der Waals surface area contributed by atoms with Crippen molar-refractivity contribution < 1.29 is 24.2 Å². The van der Waals surface area contributed by atoms with Gasteiger partial charge in [0, 0.05) is 17.8 Å². The van der Waals surface area contributed by atoms with Crippen molar-refractivity contribution in [3.8, 4) is 22.8 Å². The summed E-state index contributed by atoms with van der Waals surface area (Å²) < 4.78 is 10.6. The fourth-order valence-corrected chi connectivity index (χ4v) is 3.26. The minimum Gasteiger partial charge on any atom is -0.481 e. The number of aromatic nitrogens is 1. The monoisotopic (exact) mass is 416 g/mol. The number of aliphatic carboxylic acids is 1. The number of carboxylic acids is 1. The van der Waals surface area contributed by atoms with Crippen molar-refractivity contribution in [2.75, 3.05) is 6.79 Å². The van der Waals surface area contributed by atoms with Gasteiger partial charge in [0.1, 0.15) is 0 Å². The van der Waals surface area contributed by atoms with Crippen LogP contribution in [0, 0.1) is 0 Å². The molecule has 1 unspecified atom stereocenters. The normalized spacial score (nSPS) is 13.2. The second-order valence-corrected chi connectivity index (χ2v) is 6.94. The summed E-state index contributed by atoms with van der Waals surface area (Å²) in [5, 5.41) is 12.1. The van der Waals surface area contributed by atoms with Gasteiger partial charge in [0.2, 0.25) is 12.7 Å². The van der Waals surface area contributed by atoms with Crippen LogP contribution in [0.15, 0.2) is 72.9 Å². The van der Waals surface area contributed by atoms with Gasteiger partial charge in [-0.3, -0.25) is 14.6 Å². The molecule has 156 valence electrons. The standard InChI is InChI=1S/C24H20N2O5/c27-23(11-5-16-4-10-21-22(13-16)31-15-30-21)26-20(14-24(28)29)18-8-6-17(7-9-18)19-3-1-2-12-25-19/h1-13,20H,14-15H2,(H,26,27)(H,28,29)/b11-5+. The fraction of sp³-hybridized carbons (Fsp3) is 0.125. The average Bonchev–Trinajstić information content (AvgIpc) is 3.26. The smallest absolute Gasteiger partial charge is 0.305 e. The Balaban J connectivity index is 1.46. The summed E-state index contributed by atoms with van der Waals surface area (Å²) in [4.78, 5) is 28.1. The molecule has 0 bridgehead atoms. The first kappa shape index (κ1) is 20.2. The van der Waals surface area contributed by atoms with Crippen LogP contribution in [-0.4, -0.2) is 28.8 Å². The summed E-state index contributed by atoms with van der Waals surface area (Å²) in [7, 11) is 0. The molecule has 0 fully saturated rings. The number of nitrogens with one attached hydrogen (secondary N) is 1. The van der Waals surface area contributed by atoms with E-state index in [0.29, 0.717) is 17.1 Å². The highest BCUT2D eigenvalue weighted by atomic mass is 16.7. The first-order valence-corrected chi connectivity index (χ1v) is 9.70. The van der Waals surface area contributed by atoms with Crippen LogP contribution in [0.1, 0.15) is 23.6 Å². The van der Waals surface area contributed by atoms with E-state index in [0.717, 1.165) is 16.8 Å². The van der Waals surface area contributed by atoms with E-state index in [1.54, 1.807) is 36.5 Å². The fourth-order valence-electron chi connectivity index (χ4n) is 3.26. The molecule has 1 aliphatic rings. The Morgan fingerprint density at radius 2 is 1.87 bits per heavy atom. The molecule has 1 amide bonds. The molecule has 0 spiro atoms. The lowest BCUT2D eigenvalue weighted by Crippen LogP contribution is -2.28. The van der Waals surface area contributed by atoms with Crippen LogP contribution in [0.5, 0.6) is 11.5 Å². The van der Waals surface area contributed by atoms with Gasteiger partial charge in [-0.25, -0.2) is 0 Å². The minimum absolute atomic E-state index is 0.180. The zero-order chi connectivity index (χ0) is 21.6. The van der Waals surface area contributed by atoms with Gasteiger partial charge in [-0.1, -0.05) is 36.4 Å². The van der Waals surface area contributed by atoms with E-state index in [1.807, 2.05) is 36.4 Å². The van der Waals surface area contributed by atoms with Crippen LogP contribution in [0.25, 0.3) is 17.3 Å². The first-order valence-electron chi connectivity index (χ1n) is 9.70. The van der Waals surface area contributed by atoms with Gasteiger partial charge in [0.15, 0.2) is 11.5 Å². The van der Waals surface area contributed by atoms with Gasteiger partial charge in [-0.15, -0.1) is 0 Å². The molecule has 1 aromatic heterocycles. The molecule has 1 atom stereocenters. The van der Waals surface area contributed by atoms with Gasteiger partial charge >= 0.3 is 5.97 Å². The minimum atomic E-state index is -1.00. The number of hydrogen-bond donors (Lipinski definition) is 2. The third-order valence-corrected chi connectivity index (χ3v) is 4.79. The summed E-state index contributed by atoms with van der Waals surface area (Å²) in [5.41, 5.74) is 3.20. The van der Waals surface area contributed by atoms with Crippen LogP contribution in [0.4, 0.5) is 0 Å². The van der Waals surface area contributed by atoms with E-state index in [-0.39, 0.29) is 13.2 Å². The van der Waals surface area contributed by atoms with E-state index in [2.05, 4.69) is 10.3 Å². The van der Waals surface area contributed by atoms with Crippen molar-refractivity contribution in [2.24, 2.45) is 0 Å². The van der Waals surface area contributed by atoms with E-state index in [4.69, 9.17) is 9.47 Å². The lowest BCUT2D eigenvalue weighted by atomic mass is 10.0. The van der Waals surface area contributed by atoms with Crippen molar-refractivity contribution in [3.05, 3.63) is 84.1 Å². The van der Waals surface area contributed by atoms with Crippen LogP contribution in [0.2, 0.25) is 0 Å². The number of carboxylic acid groups (broad SMARTS) is 1. The van der Waals surface area contributed by atoms with Crippen molar-refractivity contribution >= 4 is 18.0 Å². The number of nitrogens with zero attached hydrogens (tertiary/aromatic N) is 1. The molecule has 2 N–H and O–H groups in total. The Morgan fingerprint density at radius 1 is 1.06 bits per heavy atom. The number of pyridine rings is 1. The molecule has 1 aliphatic heterocycles. The molecule has 4 rings (SSSR count). The van der Waals surface area contributed by atoms with Gasteiger partial charge in [-0.05, 0) is 41.5 Å². The summed E-state index contributed by atoms with van der Waals surface area (Å²) in [5.74, 6) is -0.104. The number of carbonyl (C=O) groups excluding carboxylic acids is 1. The second-order valence-electron chi connectivity index (χ2n) is 6.94. The highest BCUT2D eigenvalue weighted by Gasteiger charge is 2.18. The van der Waals surface area contributed by atoms with E-state index in [9.17, 15) is 14.7 Å². The predicted octanol–water partition coefficient (Wildman–Crippen LogP) is 3.82. The first-order chi connectivity index (χ1) is 15.1. The molecule has 0 aliphatic carbocycles. The van der Waals surface area contributed by atoms with E-state index < -0.39 is 17.9 Å². The van der Waals surface area contributed by atoms with Gasteiger partial charge < -0.3 is 19.9 Å². The van der Waals surface area contributed by atoms with Gasteiger partial charge in [-0.2, -0.15) is 0 Å². The molecular formula is C24H20N2O5. The number of fused-ring (bicyclic) bond motifs is 1. The average molecular weight is 416 g/mol. The predicted molar refractivity (Wildman–Crippen MR) is 114 cm³/mol. The third-order valence-electron chi connectivity index (χ3n) is 4.79. The molecule has 7 heteroatoms. The lowest BCUT2D eigenvalue weighted by Gasteiger charge is -2.17. The molecule has 3 aromatic rings. The number of benzene rings is 2. The molecule has 2 heterocycles. The molecule has 31 heavy (non-hydrogen) atoms. The Labute approximate surface area is 179 Å². The topological polar surface area (TPSA) is 97.8 Å². The van der Waals surface area contributed by atoms with Crippen molar-refractivity contribution in [1.82, 2.24) is 10.3 Å². The van der Waals surface area contributed by atoms with Crippen molar-refractivity contribution in [1.29, 1.82) is 0 Å². The zero-order valence-corrected chi connectivity index (χ0v) is 16.5. The van der Waals surface area contributed by atoms with Crippen molar-refractivity contribution in [3.63, 3.8) is 0 Å². The molecule has 0 saturated carbocycles. The maximum Gasteiger partial charge on any atom is 0.305 e. The maximum atomic E-state index is 12.4. The number of ether oxygens (including phenoxy) is 2. The van der Waals surface area contributed by atoms with E-state index in [1.165, 1.54) is 6.08 Å². The Morgan fingerprint density at radius 3 is 2.61 bits per heavy atom. The SMILES string of the molecule is O=C(O)CC(NC(=O)/C=C/c1ccc2c(c1)OCO2)c1ccc(-c2ccccn2)cc1. The van der Waals surface area contributed by atoms with Crippen LogP contribution in [0.3, 0.4) is 0 Å². The Bertz CT molecular complexity index is 1110. The van der Waals surface area contributed by atoms with Crippen LogP contribution in [-0.2, 0) is 9.59 Å². The second kappa shape index (κ2) is 9.13. The maximum absolute atomic E-state index is 12.4. The van der Waals surface area contributed by atoms with Crippen molar-refractivity contribution in [2.45, 2.75) is 12.5 Å². The molecular weight excluding hydrogens is 396 g/mol. The highest BCUT2D eigenvalue weighted by Crippen LogP contribution is 2.32. The van der Waals surface area contributed by atoms with Crippen LogP contribution >= 0.6 is 0 Å².